The van der Waals surface area contributed by atoms with Crippen LogP contribution in [-0.4, -0.2) is 34.5 Å². The van der Waals surface area contributed by atoms with E-state index in [1.165, 1.54) is 13.1 Å². The predicted octanol–water partition coefficient (Wildman–Crippen LogP) is 0.115. The second-order valence-electron chi connectivity index (χ2n) is 4.95. The van der Waals surface area contributed by atoms with Crippen molar-refractivity contribution in [3.8, 4) is 0 Å². The van der Waals surface area contributed by atoms with Crippen molar-refractivity contribution in [1.82, 2.24) is 10.0 Å². The summed E-state index contributed by atoms with van der Waals surface area (Å²) in [6.07, 6.45) is 1.97. The van der Waals surface area contributed by atoms with Gasteiger partial charge >= 0.3 is 0 Å². The summed E-state index contributed by atoms with van der Waals surface area (Å²) in [5.41, 5.74) is 6.64. The van der Waals surface area contributed by atoms with Crippen LogP contribution in [0.2, 0.25) is 0 Å². The molecule has 1 aliphatic carbocycles. The zero-order valence-electron chi connectivity index (χ0n) is 11.8. The van der Waals surface area contributed by atoms with Crippen LogP contribution in [0.5, 0.6) is 0 Å². The molecule has 0 bridgehead atoms. The Morgan fingerprint density at radius 2 is 2.05 bits per heavy atom. The first-order valence-electron chi connectivity index (χ1n) is 6.78. The van der Waals surface area contributed by atoms with Gasteiger partial charge in [-0.1, -0.05) is 0 Å². The molecule has 1 saturated carbocycles. The molecular formula is C13H20N4O3S. The topological polar surface area (TPSA) is 113 Å². The maximum Gasteiger partial charge on any atom is 0.242 e. The van der Waals surface area contributed by atoms with Crippen LogP contribution >= 0.6 is 0 Å². The van der Waals surface area contributed by atoms with Crippen LogP contribution < -0.4 is 21.1 Å². The average Bonchev–Trinajstić information content (AvgIpc) is 3.27. The van der Waals surface area contributed by atoms with E-state index in [-0.39, 0.29) is 22.4 Å². The normalized spacial score (nSPS) is 14.7. The maximum atomic E-state index is 11.7. The quantitative estimate of drug-likeness (QED) is 0.422. The first kappa shape index (κ1) is 15.6. The van der Waals surface area contributed by atoms with Gasteiger partial charge in [-0.15, -0.1) is 0 Å². The van der Waals surface area contributed by atoms with Crippen LogP contribution in [0, 0.1) is 5.92 Å². The fourth-order valence-electron chi connectivity index (χ4n) is 1.90. The summed E-state index contributed by atoms with van der Waals surface area (Å²) in [4.78, 5) is 11.5. The molecule has 0 spiro atoms. The zero-order valence-corrected chi connectivity index (χ0v) is 12.7. The van der Waals surface area contributed by atoms with Crippen molar-refractivity contribution in [3.05, 3.63) is 18.2 Å². The predicted molar refractivity (Wildman–Crippen MR) is 81.3 cm³/mol. The minimum atomic E-state index is -3.54. The molecule has 1 aromatic carbocycles. The highest BCUT2D eigenvalue weighted by Crippen LogP contribution is 2.28. The van der Waals surface area contributed by atoms with Gasteiger partial charge in [-0.3, -0.25) is 4.79 Å². The molecule has 2 rings (SSSR count). The fraction of sp³-hybridized carbons (Fsp3) is 0.462. The Kier molecular flexibility index (Phi) is 4.69. The van der Waals surface area contributed by atoms with Crippen LogP contribution in [0.15, 0.2) is 23.1 Å². The van der Waals surface area contributed by atoms with Crippen LogP contribution in [0.25, 0.3) is 0 Å². The van der Waals surface area contributed by atoms with Crippen molar-refractivity contribution in [1.29, 1.82) is 0 Å². The molecule has 7 nitrogen and oxygen atoms in total. The van der Waals surface area contributed by atoms with E-state index in [1.54, 1.807) is 12.1 Å². The highest BCUT2D eigenvalue weighted by Gasteiger charge is 2.28. The van der Waals surface area contributed by atoms with Gasteiger partial charge in [0.1, 0.15) is 4.90 Å². The highest BCUT2D eigenvalue weighted by molar-refractivity contribution is 7.89. The Hall–Kier alpha value is -1.80. The Labute approximate surface area is 124 Å². The van der Waals surface area contributed by atoms with Gasteiger partial charge < -0.3 is 16.4 Å². The summed E-state index contributed by atoms with van der Waals surface area (Å²) >= 11 is 0. The number of hydrogen-bond donors (Lipinski definition) is 4. The molecule has 0 aliphatic heterocycles. The molecule has 0 saturated heterocycles. The summed E-state index contributed by atoms with van der Waals surface area (Å²) in [5.74, 6) is 0.304. The molecule has 0 unspecified atom stereocenters. The number of rotatable bonds is 7. The third-order valence-corrected chi connectivity index (χ3v) is 4.76. The third-order valence-electron chi connectivity index (χ3n) is 3.27. The van der Waals surface area contributed by atoms with Crippen LogP contribution in [0.3, 0.4) is 0 Å². The van der Waals surface area contributed by atoms with Gasteiger partial charge in [-0.25, -0.2) is 13.1 Å². The van der Waals surface area contributed by atoms with Gasteiger partial charge in [0.05, 0.1) is 5.69 Å². The number of nitrogen functional groups attached to an aromatic ring is 1. The van der Waals surface area contributed by atoms with E-state index in [1.807, 2.05) is 0 Å². The van der Waals surface area contributed by atoms with Crippen molar-refractivity contribution in [2.75, 3.05) is 31.2 Å². The van der Waals surface area contributed by atoms with E-state index in [0.29, 0.717) is 18.8 Å². The minimum Gasteiger partial charge on any atom is -0.398 e. The molecular weight excluding hydrogens is 292 g/mol. The number of amides is 1. The van der Waals surface area contributed by atoms with E-state index >= 15 is 0 Å². The maximum absolute atomic E-state index is 11.7. The van der Waals surface area contributed by atoms with Gasteiger partial charge in [0, 0.05) is 24.7 Å². The van der Waals surface area contributed by atoms with Crippen molar-refractivity contribution in [2.45, 2.75) is 17.7 Å². The lowest BCUT2D eigenvalue weighted by Crippen LogP contribution is -2.29. The largest absolute Gasteiger partial charge is 0.398 e. The number of nitrogens with two attached hydrogens (primary N) is 1. The molecule has 1 aromatic rings. The first-order valence-corrected chi connectivity index (χ1v) is 8.27. The van der Waals surface area contributed by atoms with Gasteiger partial charge in [0.15, 0.2) is 0 Å². The summed E-state index contributed by atoms with van der Waals surface area (Å²) in [7, 11) is -2.21. The Morgan fingerprint density at radius 3 is 2.62 bits per heavy atom. The van der Waals surface area contributed by atoms with Gasteiger partial charge in [0.2, 0.25) is 15.9 Å². The fourth-order valence-corrected chi connectivity index (χ4v) is 2.73. The first-order chi connectivity index (χ1) is 9.94. The monoisotopic (exact) mass is 312 g/mol. The SMILES string of the molecule is CNS(=O)(=O)c1ccc(NCCNC(=O)C2CC2)cc1N. The molecule has 5 N–H and O–H groups in total. The van der Waals surface area contributed by atoms with Gasteiger partial charge in [-0.05, 0) is 38.1 Å². The zero-order chi connectivity index (χ0) is 15.5. The number of sulfonamides is 1. The smallest absolute Gasteiger partial charge is 0.242 e. The molecule has 1 amide bonds. The lowest BCUT2D eigenvalue weighted by molar-refractivity contribution is -0.122. The van der Waals surface area contributed by atoms with E-state index in [9.17, 15) is 13.2 Å². The summed E-state index contributed by atoms with van der Waals surface area (Å²) in [6.45, 7) is 1.07. The summed E-state index contributed by atoms with van der Waals surface area (Å²) in [5, 5.41) is 5.92. The molecule has 0 radical (unpaired) electrons. The second kappa shape index (κ2) is 6.31. The van der Waals surface area contributed by atoms with Crippen molar-refractivity contribution >= 4 is 27.3 Å². The molecule has 0 aromatic heterocycles. The summed E-state index contributed by atoms with van der Waals surface area (Å²) < 4.78 is 25.6. The molecule has 21 heavy (non-hydrogen) atoms. The minimum absolute atomic E-state index is 0.0533. The number of anilines is 2. The number of nitrogens with one attached hydrogen (secondary N) is 3. The molecule has 0 atom stereocenters. The van der Waals surface area contributed by atoms with Crippen molar-refractivity contribution in [3.63, 3.8) is 0 Å². The van der Waals surface area contributed by atoms with Crippen LogP contribution in [0.1, 0.15) is 12.8 Å². The highest BCUT2D eigenvalue weighted by atomic mass is 32.2. The molecule has 116 valence electrons. The Bertz CT molecular complexity index is 626. The number of benzene rings is 1. The molecule has 1 fully saturated rings. The standard InChI is InChI=1S/C13H20N4O3S/c1-15-21(19,20)12-5-4-10(8-11(12)14)16-6-7-17-13(18)9-2-3-9/h4-5,8-9,15-16H,2-3,6-7,14H2,1H3,(H,17,18). The van der Waals surface area contributed by atoms with Crippen molar-refractivity contribution in [2.24, 2.45) is 5.92 Å². The van der Waals surface area contributed by atoms with E-state index < -0.39 is 10.0 Å². The molecule has 8 heteroatoms. The molecule has 1 aliphatic rings. The lowest BCUT2D eigenvalue weighted by atomic mass is 10.3. The van der Waals surface area contributed by atoms with Crippen LogP contribution in [-0.2, 0) is 14.8 Å². The number of carbonyl (C=O) groups is 1. The Morgan fingerprint density at radius 1 is 1.33 bits per heavy atom. The van der Waals surface area contributed by atoms with E-state index in [4.69, 9.17) is 5.73 Å². The lowest BCUT2D eigenvalue weighted by Gasteiger charge is -2.11. The van der Waals surface area contributed by atoms with E-state index in [0.717, 1.165) is 12.8 Å². The Balaban J connectivity index is 1.87. The van der Waals surface area contributed by atoms with E-state index in [2.05, 4.69) is 15.4 Å². The summed E-state index contributed by atoms with van der Waals surface area (Å²) in [6, 6.07) is 4.66. The number of carbonyl (C=O) groups excluding carboxylic acids is 1. The van der Waals surface area contributed by atoms with Gasteiger partial charge in [0.25, 0.3) is 0 Å². The number of hydrogen-bond acceptors (Lipinski definition) is 5. The van der Waals surface area contributed by atoms with Crippen LogP contribution in [0.4, 0.5) is 11.4 Å². The van der Waals surface area contributed by atoms with Crippen molar-refractivity contribution < 1.29 is 13.2 Å². The average molecular weight is 312 g/mol. The molecule has 0 heterocycles. The van der Waals surface area contributed by atoms with Gasteiger partial charge in [-0.2, -0.15) is 0 Å². The second-order valence-corrected chi connectivity index (χ2v) is 6.81. The third kappa shape index (κ3) is 4.08.